The lowest BCUT2D eigenvalue weighted by Gasteiger charge is -2.32. The summed E-state index contributed by atoms with van der Waals surface area (Å²) < 4.78 is 0. The van der Waals surface area contributed by atoms with Gasteiger partial charge >= 0.3 is 0 Å². The van der Waals surface area contributed by atoms with E-state index in [4.69, 9.17) is 4.98 Å². The Bertz CT molecular complexity index is 1230. The third kappa shape index (κ3) is 3.47. The maximum atomic E-state index is 13.0. The smallest absolute Gasteiger partial charge is 0.273 e. The van der Waals surface area contributed by atoms with Crippen LogP contribution < -0.4 is 5.32 Å². The lowest BCUT2D eigenvalue weighted by atomic mass is 10.00. The average Bonchev–Trinajstić information content (AvgIpc) is 3.53. The first-order valence-corrected chi connectivity index (χ1v) is 11.8. The Morgan fingerprint density at radius 3 is 2.47 bits per heavy atom. The fraction of sp³-hybridized carbons (Fsp3) is 0.400. The molecular weight excluding hydrogens is 434 g/mol. The predicted octanol–water partition coefficient (Wildman–Crippen LogP) is 2.25. The summed E-state index contributed by atoms with van der Waals surface area (Å²) in [4.78, 5) is 56.9. The molecule has 0 radical (unpaired) electrons. The molecule has 34 heavy (non-hydrogen) atoms. The van der Waals surface area contributed by atoms with Gasteiger partial charge in [-0.15, -0.1) is 0 Å². The minimum atomic E-state index is -0.339. The molecule has 5 heterocycles. The van der Waals surface area contributed by atoms with Crippen LogP contribution in [-0.2, 0) is 33.9 Å². The molecule has 9 heteroatoms. The van der Waals surface area contributed by atoms with Gasteiger partial charge < -0.3 is 5.32 Å². The van der Waals surface area contributed by atoms with Crippen LogP contribution in [0.15, 0.2) is 24.3 Å². The quantitative estimate of drug-likeness (QED) is 0.704. The molecule has 2 aromatic rings. The standard InChI is InChI=1S/C25H25N5O4/c31-21-12-19-17(13-28-8-1-2-9-28)11-20(26-24(19)27-21)15-6-7-18-16(10-15)14-29(25(18)34)30-22(32)4-3-5-23(30)33/h6-7,10-11H,1-5,8-9,12-14H2,(H,26,27,31). The highest BCUT2D eigenvalue weighted by molar-refractivity contribution is 6.05. The summed E-state index contributed by atoms with van der Waals surface area (Å²) in [7, 11) is 0. The number of aromatic nitrogens is 1. The Labute approximate surface area is 196 Å². The van der Waals surface area contributed by atoms with Crippen LogP contribution in [0.5, 0.6) is 0 Å². The van der Waals surface area contributed by atoms with Crippen molar-refractivity contribution in [2.24, 2.45) is 0 Å². The Balaban J connectivity index is 1.33. The molecule has 1 aromatic heterocycles. The van der Waals surface area contributed by atoms with E-state index in [9.17, 15) is 19.2 Å². The van der Waals surface area contributed by atoms with Crippen molar-refractivity contribution in [2.45, 2.75) is 51.6 Å². The van der Waals surface area contributed by atoms with Crippen molar-refractivity contribution in [3.63, 3.8) is 0 Å². The van der Waals surface area contributed by atoms with Crippen LogP contribution in [0.2, 0.25) is 0 Å². The molecule has 0 atom stereocenters. The summed E-state index contributed by atoms with van der Waals surface area (Å²) in [5.74, 6) is -0.442. The zero-order valence-corrected chi connectivity index (χ0v) is 18.8. The molecule has 0 bridgehead atoms. The van der Waals surface area contributed by atoms with Gasteiger partial charge in [0.25, 0.3) is 5.91 Å². The van der Waals surface area contributed by atoms with Crippen molar-refractivity contribution in [1.82, 2.24) is 19.9 Å². The van der Waals surface area contributed by atoms with E-state index in [2.05, 4.69) is 10.2 Å². The molecule has 4 aliphatic heterocycles. The molecular formula is C25H25N5O4. The van der Waals surface area contributed by atoms with E-state index in [1.54, 1.807) is 6.07 Å². The zero-order valence-electron chi connectivity index (χ0n) is 18.8. The highest BCUT2D eigenvalue weighted by atomic mass is 16.2. The molecule has 6 rings (SSSR count). The van der Waals surface area contributed by atoms with Crippen molar-refractivity contribution >= 4 is 29.4 Å². The van der Waals surface area contributed by atoms with Crippen molar-refractivity contribution in [3.05, 3.63) is 46.5 Å². The molecule has 9 nitrogen and oxygen atoms in total. The second kappa shape index (κ2) is 8.02. The Morgan fingerprint density at radius 2 is 1.71 bits per heavy atom. The molecule has 4 aliphatic rings. The fourth-order valence-corrected chi connectivity index (χ4v) is 5.37. The number of fused-ring (bicyclic) bond motifs is 2. The molecule has 0 spiro atoms. The number of piperidine rings is 1. The van der Waals surface area contributed by atoms with Crippen LogP contribution in [-0.4, -0.2) is 56.6 Å². The van der Waals surface area contributed by atoms with Crippen LogP contribution in [0, 0.1) is 0 Å². The van der Waals surface area contributed by atoms with Gasteiger partial charge in [-0.2, -0.15) is 5.01 Å². The second-order valence-corrected chi connectivity index (χ2v) is 9.39. The number of carbonyl (C=O) groups excluding carboxylic acids is 4. The van der Waals surface area contributed by atoms with Gasteiger partial charge in [-0.05, 0) is 61.7 Å². The van der Waals surface area contributed by atoms with E-state index in [1.165, 1.54) is 17.9 Å². The lowest BCUT2D eigenvalue weighted by molar-refractivity contribution is -0.163. The predicted molar refractivity (Wildman–Crippen MR) is 122 cm³/mol. The molecule has 0 aliphatic carbocycles. The average molecular weight is 460 g/mol. The number of likely N-dealkylation sites (tertiary alicyclic amines) is 1. The molecule has 174 valence electrons. The number of pyridine rings is 1. The molecule has 4 amide bonds. The summed E-state index contributed by atoms with van der Waals surface area (Å²) in [6.45, 7) is 3.06. The van der Waals surface area contributed by atoms with Gasteiger partial charge in [-0.1, -0.05) is 6.07 Å². The zero-order chi connectivity index (χ0) is 23.4. The summed E-state index contributed by atoms with van der Waals surface area (Å²) >= 11 is 0. The number of nitrogens with zero attached hydrogens (tertiary/aromatic N) is 4. The van der Waals surface area contributed by atoms with Crippen molar-refractivity contribution in [1.29, 1.82) is 0 Å². The number of nitrogens with one attached hydrogen (secondary N) is 1. The summed E-state index contributed by atoms with van der Waals surface area (Å²) in [6, 6.07) is 7.52. The van der Waals surface area contributed by atoms with E-state index in [0.29, 0.717) is 24.2 Å². The van der Waals surface area contributed by atoms with E-state index in [1.807, 2.05) is 18.2 Å². The van der Waals surface area contributed by atoms with Gasteiger partial charge in [0, 0.05) is 36.1 Å². The Morgan fingerprint density at radius 1 is 0.941 bits per heavy atom. The number of hydrazine groups is 1. The number of imide groups is 1. The summed E-state index contributed by atoms with van der Waals surface area (Å²) in [5.41, 5.74) is 4.86. The monoisotopic (exact) mass is 459 g/mol. The highest BCUT2D eigenvalue weighted by Gasteiger charge is 2.39. The second-order valence-electron chi connectivity index (χ2n) is 9.39. The lowest BCUT2D eigenvalue weighted by Crippen LogP contribution is -2.51. The number of hydrogen-bond acceptors (Lipinski definition) is 6. The number of carbonyl (C=O) groups is 4. The highest BCUT2D eigenvalue weighted by Crippen LogP contribution is 2.34. The SMILES string of the molecule is O=C1Cc2c(CN3CCCC3)cc(-c3ccc4c(c3)CN(N3C(=O)CCCC3=O)C4=O)nc2N1. The summed E-state index contributed by atoms with van der Waals surface area (Å²) in [5, 5.41) is 5.15. The van der Waals surface area contributed by atoms with Gasteiger partial charge in [-0.25, -0.2) is 9.99 Å². The first-order chi connectivity index (χ1) is 16.5. The first kappa shape index (κ1) is 21.0. The van der Waals surface area contributed by atoms with Crippen molar-refractivity contribution < 1.29 is 19.2 Å². The van der Waals surface area contributed by atoms with Gasteiger partial charge in [0.05, 0.1) is 18.7 Å². The summed E-state index contributed by atoms with van der Waals surface area (Å²) in [6.07, 6.45) is 3.78. The Kier molecular flexibility index (Phi) is 4.95. The molecule has 2 saturated heterocycles. The topological polar surface area (TPSA) is 103 Å². The van der Waals surface area contributed by atoms with Gasteiger partial charge in [0.2, 0.25) is 17.7 Å². The number of rotatable bonds is 4. The molecule has 1 N–H and O–H groups in total. The van der Waals surface area contributed by atoms with E-state index >= 15 is 0 Å². The molecule has 2 fully saturated rings. The number of anilines is 1. The number of hydrogen-bond donors (Lipinski definition) is 1. The van der Waals surface area contributed by atoms with E-state index < -0.39 is 0 Å². The third-order valence-electron chi connectivity index (χ3n) is 7.09. The maximum Gasteiger partial charge on any atom is 0.273 e. The van der Waals surface area contributed by atoms with Gasteiger partial charge in [0.15, 0.2) is 0 Å². The molecule has 1 aromatic carbocycles. The fourth-order valence-electron chi connectivity index (χ4n) is 5.37. The Hall–Kier alpha value is -3.59. The van der Waals surface area contributed by atoms with Crippen LogP contribution in [0.1, 0.15) is 59.2 Å². The van der Waals surface area contributed by atoms with Crippen molar-refractivity contribution in [2.75, 3.05) is 18.4 Å². The van der Waals surface area contributed by atoms with E-state index in [-0.39, 0.29) is 43.0 Å². The van der Waals surface area contributed by atoms with Crippen LogP contribution in [0.4, 0.5) is 5.82 Å². The normalized spacial score (nSPS) is 20.2. The number of benzene rings is 1. The maximum absolute atomic E-state index is 13.0. The molecule has 0 unspecified atom stereocenters. The third-order valence-corrected chi connectivity index (χ3v) is 7.09. The largest absolute Gasteiger partial charge is 0.310 e. The van der Waals surface area contributed by atoms with Crippen LogP contribution in [0.25, 0.3) is 11.3 Å². The first-order valence-electron chi connectivity index (χ1n) is 11.8. The van der Waals surface area contributed by atoms with Crippen molar-refractivity contribution in [3.8, 4) is 11.3 Å². The van der Waals surface area contributed by atoms with Gasteiger partial charge in [-0.3, -0.25) is 24.1 Å². The van der Waals surface area contributed by atoms with Crippen LogP contribution >= 0.6 is 0 Å². The van der Waals surface area contributed by atoms with Crippen LogP contribution in [0.3, 0.4) is 0 Å². The number of amides is 4. The minimum absolute atomic E-state index is 0.0478. The van der Waals surface area contributed by atoms with E-state index in [0.717, 1.165) is 52.6 Å². The van der Waals surface area contributed by atoms with Gasteiger partial charge in [0.1, 0.15) is 5.82 Å². The minimum Gasteiger partial charge on any atom is -0.310 e. The molecule has 0 saturated carbocycles.